The molecule has 142 valence electrons. The minimum absolute atomic E-state index is 0.170. The fourth-order valence-electron chi connectivity index (χ4n) is 3.61. The molecule has 26 heavy (non-hydrogen) atoms. The zero-order chi connectivity index (χ0) is 18.9. The van der Waals surface area contributed by atoms with Gasteiger partial charge in [0.05, 0.1) is 16.9 Å². The largest absolute Gasteiger partial charge is 0.548 e. The number of sulfonamides is 1. The van der Waals surface area contributed by atoms with Crippen LogP contribution in [0.25, 0.3) is 0 Å². The van der Waals surface area contributed by atoms with Gasteiger partial charge in [-0.3, -0.25) is 4.79 Å². The van der Waals surface area contributed by atoms with E-state index in [2.05, 4.69) is 0 Å². The molecule has 1 amide bonds. The second-order valence-electron chi connectivity index (χ2n) is 6.64. The number of hydrogen-bond acceptors (Lipinski definition) is 5. The SMILES string of the molecule is O=C([O-])[C@@H]1CCCN1C(=O)C1CCN(S(=O)(=O)c2ccc(Cl)cc2)CC1. The molecule has 0 aliphatic carbocycles. The van der Waals surface area contributed by atoms with Crippen LogP contribution in [0.5, 0.6) is 0 Å². The molecule has 7 nitrogen and oxygen atoms in total. The van der Waals surface area contributed by atoms with Crippen molar-refractivity contribution in [3.05, 3.63) is 29.3 Å². The highest BCUT2D eigenvalue weighted by atomic mass is 35.5. The maximum atomic E-state index is 12.7. The normalized spacial score (nSPS) is 22.5. The number of rotatable bonds is 4. The van der Waals surface area contributed by atoms with E-state index < -0.39 is 22.0 Å². The third-order valence-electron chi connectivity index (χ3n) is 5.06. The second-order valence-corrected chi connectivity index (χ2v) is 9.02. The van der Waals surface area contributed by atoms with Gasteiger partial charge in [-0.05, 0) is 49.9 Å². The number of benzene rings is 1. The van der Waals surface area contributed by atoms with Gasteiger partial charge in [0.25, 0.3) is 0 Å². The number of likely N-dealkylation sites (tertiary alicyclic amines) is 1. The lowest BCUT2D eigenvalue weighted by molar-refractivity contribution is -0.310. The molecule has 2 aliphatic heterocycles. The molecule has 2 aliphatic rings. The number of halogens is 1. The quantitative estimate of drug-likeness (QED) is 0.733. The molecule has 0 bridgehead atoms. The minimum Gasteiger partial charge on any atom is -0.548 e. The predicted octanol–water partition coefficient (Wildman–Crippen LogP) is 0.482. The standard InChI is InChI=1S/C17H21ClN2O5S/c18-13-3-5-14(6-4-13)26(24,25)19-10-7-12(8-11-19)16(21)20-9-1-2-15(20)17(22)23/h3-6,12,15H,1-2,7-11H2,(H,22,23)/p-1/t15-/m0/s1. The summed E-state index contributed by atoms with van der Waals surface area (Å²) in [4.78, 5) is 25.3. The highest BCUT2D eigenvalue weighted by Crippen LogP contribution is 2.28. The first-order valence-corrected chi connectivity index (χ1v) is 10.4. The zero-order valence-corrected chi connectivity index (χ0v) is 15.7. The van der Waals surface area contributed by atoms with E-state index in [4.69, 9.17) is 11.6 Å². The van der Waals surface area contributed by atoms with E-state index in [0.717, 1.165) is 0 Å². The van der Waals surface area contributed by atoms with Crippen LogP contribution in [-0.2, 0) is 19.6 Å². The molecule has 2 fully saturated rings. The van der Waals surface area contributed by atoms with Gasteiger partial charge in [-0.15, -0.1) is 0 Å². The van der Waals surface area contributed by atoms with Crippen molar-refractivity contribution in [2.45, 2.75) is 36.6 Å². The first-order valence-electron chi connectivity index (χ1n) is 8.58. The highest BCUT2D eigenvalue weighted by molar-refractivity contribution is 7.89. The van der Waals surface area contributed by atoms with Gasteiger partial charge in [0.2, 0.25) is 15.9 Å². The van der Waals surface area contributed by atoms with E-state index in [-0.39, 0.29) is 29.8 Å². The number of hydrogen-bond donors (Lipinski definition) is 0. The number of carbonyl (C=O) groups is 2. The van der Waals surface area contributed by atoms with Gasteiger partial charge in [-0.1, -0.05) is 11.6 Å². The van der Waals surface area contributed by atoms with E-state index in [0.29, 0.717) is 37.3 Å². The monoisotopic (exact) mass is 399 g/mol. The minimum atomic E-state index is -3.63. The molecule has 0 N–H and O–H groups in total. The van der Waals surface area contributed by atoms with Gasteiger partial charge in [0, 0.05) is 30.6 Å². The van der Waals surface area contributed by atoms with Crippen LogP contribution < -0.4 is 5.11 Å². The summed E-state index contributed by atoms with van der Waals surface area (Å²) in [6, 6.07) is 5.11. The smallest absolute Gasteiger partial charge is 0.243 e. The Morgan fingerprint density at radius 2 is 1.65 bits per heavy atom. The van der Waals surface area contributed by atoms with Gasteiger partial charge >= 0.3 is 0 Å². The van der Waals surface area contributed by atoms with Crippen LogP contribution >= 0.6 is 11.6 Å². The fraction of sp³-hybridized carbons (Fsp3) is 0.529. The van der Waals surface area contributed by atoms with Crippen LogP contribution in [-0.4, -0.2) is 55.2 Å². The summed E-state index contributed by atoms with van der Waals surface area (Å²) in [6.07, 6.45) is 1.82. The summed E-state index contributed by atoms with van der Waals surface area (Å²) in [5.41, 5.74) is 0. The molecule has 1 aromatic rings. The van der Waals surface area contributed by atoms with Crippen LogP contribution in [0.3, 0.4) is 0 Å². The Labute approximate surface area is 157 Å². The Kier molecular flexibility index (Phi) is 5.55. The van der Waals surface area contributed by atoms with Crippen molar-refractivity contribution in [3.8, 4) is 0 Å². The van der Waals surface area contributed by atoms with Crippen molar-refractivity contribution in [2.75, 3.05) is 19.6 Å². The second kappa shape index (κ2) is 7.54. The van der Waals surface area contributed by atoms with E-state index in [1.807, 2.05) is 0 Å². The molecule has 9 heteroatoms. The number of aliphatic carboxylic acids is 1. The molecule has 0 radical (unpaired) electrons. The Morgan fingerprint density at radius 3 is 2.23 bits per heavy atom. The molecule has 1 aromatic carbocycles. The van der Waals surface area contributed by atoms with Crippen molar-refractivity contribution < 1.29 is 23.1 Å². The third-order valence-corrected chi connectivity index (χ3v) is 7.23. The van der Waals surface area contributed by atoms with Crippen LogP contribution in [0.1, 0.15) is 25.7 Å². The van der Waals surface area contributed by atoms with Crippen LogP contribution in [0.2, 0.25) is 5.02 Å². The first kappa shape index (κ1) is 19.1. The van der Waals surface area contributed by atoms with Crippen molar-refractivity contribution in [1.82, 2.24) is 9.21 Å². The Bertz CT molecular complexity index is 788. The lowest BCUT2D eigenvalue weighted by Gasteiger charge is -2.34. The zero-order valence-electron chi connectivity index (χ0n) is 14.1. The molecule has 1 atom stereocenters. The molecule has 2 saturated heterocycles. The number of amides is 1. The molecule has 0 unspecified atom stereocenters. The van der Waals surface area contributed by atoms with Gasteiger partial charge in [0.1, 0.15) is 0 Å². The van der Waals surface area contributed by atoms with Gasteiger partial charge < -0.3 is 14.8 Å². The van der Waals surface area contributed by atoms with E-state index >= 15 is 0 Å². The number of carbonyl (C=O) groups excluding carboxylic acids is 2. The molecule has 0 saturated carbocycles. The Morgan fingerprint density at radius 1 is 1.04 bits per heavy atom. The summed E-state index contributed by atoms with van der Waals surface area (Å²) < 4.78 is 26.7. The molecule has 0 spiro atoms. The van der Waals surface area contributed by atoms with Crippen molar-refractivity contribution in [3.63, 3.8) is 0 Å². The number of carboxylic acids is 1. The van der Waals surface area contributed by atoms with E-state index in [9.17, 15) is 23.1 Å². The average molecular weight is 400 g/mol. The predicted molar refractivity (Wildman–Crippen MR) is 92.7 cm³/mol. The number of carboxylic acid groups (broad SMARTS) is 1. The molecule has 3 rings (SSSR count). The maximum Gasteiger partial charge on any atom is 0.243 e. The van der Waals surface area contributed by atoms with Gasteiger partial charge in [0.15, 0.2) is 0 Å². The molecular formula is C17H20ClN2O5S-. The van der Waals surface area contributed by atoms with Crippen molar-refractivity contribution in [1.29, 1.82) is 0 Å². The lowest BCUT2D eigenvalue weighted by Crippen LogP contribution is -2.50. The topological polar surface area (TPSA) is 97.8 Å². The van der Waals surface area contributed by atoms with Gasteiger partial charge in [-0.2, -0.15) is 4.31 Å². The number of nitrogens with zero attached hydrogens (tertiary/aromatic N) is 2. The van der Waals surface area contributed by atoms with Crippen molar-refractivity contribution >= 4 is 33.5 Å². The average Bonchev–Trinajstić information content (AvgIpc) is 3.11. The molecular weight excluding hydrogens is 380 g/mol. The maximum absolute atomic E-state index is 12.7. The lowest BCUT2D eigenvalue weighted by atomic mass is 9.96. The van der Waals surface area contributed by atoms with Crippen molar-refractivity contribution in [2.24, 2.45) is 5.92 Å². The summed E-state index contributed by atoms with van der Waals surface area (Å²) >= 11 is 5.80. The Balaban J connectivity index is 1.64. The Hall–Kier alpha value is -1.64. The van der Waals surface area contributed by atoms with Crippen LogP contribution in [0.15, 0.2) is 29.2 Å². The highest BCUT2D eigenvalue weighted by Gasteiger charge is 2.37. The summed E-state index contributed by atoms with van der Waals surface area (Å²) in [6.45, 7) is 0.872. The third kappa shape index (κ3) is 3.72. The first-order chi connectivity index (χ1) is 12.3. The van der Waals surface area contributed by atoms with Crippen LogP contribution in [0, 0.1) is 5.92 Å². The number of piperidine rings is 1. The molecule has 0 aromatic heterocycles. The van der Waals surface area contributed by atoms with Gasteiger partial charge in [-0.25, -0.2) is 8.42 Å². The summed E-state index contributed by atoms with van der Waals surface area (Å²) in [5, 5.41) is 11.6. The molecule has 2 heterocycles. The van der Waals surface area contributed by atoms with E-state index in [1.54, 1.807) is 0 Å². The van der Waals surface area contributed by atoms with Crippen LogP contribution in [0.4, 0.5) is 0 Å². The van der Waals surface area contributed by atoms with E-state index in [1.165, 1.54) is 33.5 Å². The summed E-state index contributed by atoms with van der Waals surface area (Å²) in [7, 11) is -3.63. The summed E-state index contributed by atoms with van der Waals surface area (Å²) in [5.74, 6) is -1.79. The fourth-order valence-corrected chi connectivity index (χ4v) is 5.20.